The van der Waals surface area contributed by atoms with Gasteiger partial charge in [0.1, 0.15) is 11.8 Å². The number of hydrogen-bond acceptors (Lipinski definition) is 6. The third-order valence-corrected chi connectivity index (χ3v) is 9.20. The van der Waals surface area contributed by atoms with Crippen molar-refractivity contribution in [1.29, 1.82) is 0 Å². The van der Waals surface area contributed by atoms with E-state index in [-0.39, 0.29) is 23.9 Å². The molecule has 0 radical (unpaired) electrons. The second kappa shape index (κ2) is 16.6. The maximum Gasteiger partial charge on any atom is 0.407 e. The molecular weight excluding hydrogens is 668 g/mol. The summed E-state index contributed by atoms with van der Waals surface area (Å²) in [4.78, 5) is 27.7. The van der Waals surface area contributed by atoms with E-state index in [1.54, 1.807) is 0 Å². The lowest BCUT2D eigenvalue weighted by Gasteiger charge is -2.34. The van der Waals surface area contributed by atoms with Crippen molar-refractivity contribution in [3.05, 3.63) is 118 Å². The normalized spacial score (nSPS) is 18.8. The molecular formula is C39H47BrN4O4. The Balaban J connectivity index is 1.29. The molecule has 5 rings (SSSR count). The number of ether oxygens (including phenoxy) is 1. The van der Waals surface area contributed by atoms with E-state index >= 15 is 0 Å². The standard InChI is InChI=1S/C39H47BrN4O4/c1-39(2,3)48-38(47)41-21-10-15-35-37(46)44(26-34(27-11-6-4-7-12-27)28-13-8-5-9-14-28)22-20-33(43-35)25-42-36(45)31-17-16-30-24-32(40)19-18-29(30)23-31/h4-9,11-14,16-19,23-24,33-35,37,43,46H,10,15,20-22,25-26H2,1-3H3,(H,41,47)(H,42,45)/t33-,35-,37?/m0/s1. The SMILES string of the molecule is CC(C)(C)OC(=O)NCCC[C@@H]1N[C@H](CNC(=O)c2ccc3cc(Br)ccc3c2)CCN(CC(c2ccccc2)c2ccccc2)C1O. The zero-order valence-electron chi connectivity index (χ0n) is 28.0. The summed E-state index contributed by atoms with van der Waals surface area (Å²) < 4.78 is 6.38. The van der Waals surface area contributed by atoms with Crippen LogP contribution in [0.1, 0.15) is 67.4 Å². The van der Waals surface area contributed by atoms with Crippen LogP contribution in [0.5, 0.6) is 0 Å². The van der Waals surface area contributed by atoms with Gasteiger partial charge in [0, 0.05) is 54.2 Å². The van der Waals surface area contributed by atoms with Gasteiger partial charge in [-0.2, -0.15) is 0 Å². The van der Waals surface area contributed by atoms with Gasteiger partial charge in [-0.3, -0.25) is 9.69 Å². The van der Waals surface area contributed by atoms with Crippen molar-refractivity contribution >= 4 is 38.7 Å². The molecule has 3 atom stereocenters. The van der Waals surface area contributed by atoms with E-state index in [9.17, 15) is 14.7 Å². The fourth-order valence-electron chi connectivity index (χ4n) is 6.28. The van der Waals surface area contributed by atoms with Crippen molar-refractivity contribution in [2.45, 2.75) is 69.9 Å². The molecule has 4 aromatic rings. The Labute approximate surface area is 292 Å². The number of nitrogens with one attached hydrogen (secondary N) is 3. The smallest absolute Gasteiger partial charge is 0.407 e. The predicted molar refractivity (Wildman–Crippen MR) is 195 cm³/mol. The van der Waals surface area contributed by atoms with E-state index < -0.39 is 17.9 Å². The van der Waals surface area contributed by atoms with Crippen LogP contribution in [0.15, 0.2) is 102 Å². The van der Waals surface area contributed by atoms with Crippen LogP contribution in [0.4, 0.5) is 4.79 Å². The van der Waals surface area contributed by atoms with Crippen LogP contribution in [-0.2, 0) is 4.74 Å². The number of fused-ring (bicyclic) bond motifs is 1. The quantitative estimate of drug-likeness (QED) is 0.127. The molecule has 4 aromatic carbocycles. The van der Waals surface area contributed by atoms with Gasteiger partial charge in [0.15, 0.2) is 0 Å². The first-order valence-electron chi connectivity index (χ1n) is 16.8. The molecule has 0 spiro atoms. The molecule has 1 saturated heterocycles. The Hall–Kier alpha value is -3.76. The number of carbonyl (C=O) groups excluding carboxylic acids is 2. The second-order valence-corrected chi connectivity index (χ2v) is 14.4. The number of carbonyl (C=O) groups is 2. The number of aliphatic hydroxyl groups is 1. The van der Waals surface area contributed by atoms with Gasteiger partial charge in [-0.15, -0.1) is 0 Å². The predicted octanol–water partition coefficient (Wildman–Crippen LogP) is 6.82. The zero-order chi connectivity index (χ0) is 34.1. The summed E-state index contributed by atoms with van der Waals surface area (Å²) in [6, 6.07) is 32.2. The summed E-state index contributed by atoms with van der Waals surface area (Å²) >= 11 is 3.51. The van der Waals surface area contributed by atoms with Crippen LogP contribution in [0.2, 0.25) is 0 Å². The van der Waals surface area contributed by atoms with Gasteiger partial charge in [-0.05, 0) is 86.2 Å². The number of alkyl carbamates (subject to hydrolysis) is 1. The Bertz CT molecular complexity index is 1610. The summed E-state index contributed by atoms with van der Waals surface area (Å²) in [6.07, 6.45) is 0.802. The third kappa shape index (κ3) is 10.1. The molecule has 2 amide bonds. The highest BCUT2D eigenvalue weighted by atomic mass is 79.9. The molecule has 1 heterocycles. The fraction of sp³-hybridized carbons (Fsp3) is 0.385. The largest absolute Gasteiger partial charge is 0.444 e. The first-order chi connectivity index (χ1) is 23.1. The molecule has 0 aliphatic carbocycles. The number of benzene rings is 4. The van der Waals surface area contributed by atoms with E-state index in [1.807, 2.05) is 69.3 Å². The van der Waals surface area contributed by atoms with Crippen LogP contribution < -0.4 is 16.0 Å². The molecule has 1 unspecified atom stereocenters. The molecule has 1 fully saturated rings. The average molecular weight is 716 g/mol. The molecule has 9 heteroatoms. The summed E-state index contributed by atoms with van der Waals surface area (Å²) in [6.45, 7) is 7.65. The molecule has 0 bridgehead atoms. The Kier molecular flexibility index (Phi) is 12.3. The number of nitrogens with zero attached hydrogens (tertiary/aromatic N) is 1. The first kappa shape index (κ1) is 35.5. The minimum absolute atomic E-state index is 0.0549. The maximum absolute atomic E-state index is 13.3. The molecule has 0 saturated carbocycles. The van der Waals surface area contributed by atoms with Gasteiger partial charge >= 0.3 is 6.09 Å². The van der Waals surface area contributed by atoms with E-state index in [0.29, 0.717) is 44.6 Å². The van der Waals surface area contributed by atoms with E-state index in [0.717, 1.165) is 21.7 Å². The molecule has 1 aliphatic heterocycles. The summed E-state index contributed by atoms with van der Waals surface area (Å²) in [5.74, 6) is -0.0593. The minimum Gasteiger partial charge on any atom is -0.444 e. The van der Waals surface area contributed by atoms with Crippen molar-refractivity contribution in [2.24, 2.45) is 0 Å². The zero-order valence-corrected chi connectivity index (χ0v) is 29.6. The first-order valence-corrected chi connectivity index (χ1v) is 17.6. The van der Waals surface area contributed by atoms with Gasteiger partial charge in [0.05, 0.1) is 0 Å². The molecule has 48 heavy (non-hydrogen) atoms. The van der Waals surface area contributed by atoms with E-state index in [4.69, 9.17) is 4.74 Å². The monoisotopic (exact) mass is 714 g/mol. The third-order valence-electron chi connectivity index (χ3n) is 8.70. The van der Waals surface area contributed by atoms with Crippen molar-refractivity contribution in [3.63, 3.8) is 0 Å². The fourth-order valence-corrected chi connectivity index (χ4v) is 6.66. The minimum atomic E-state index is -0.762. The Morgan fingerprint density at radius 3 is 2.25 bits per heavy atom. The van der Waals surface area contributed by atoms with Crippen LogP contribution in [0.25, 0.3) is 10.8 Å². The van der Waals surface area contributed by atoms with Crippen LogP contribution in [-0.4, -0.2) is 72.1 Å². The lowest BCUT2D eigenvalue weighted by Crippen LogP contribution is -2.52. The van der Waals surface area contributed by atoms with Crippen LogP contribution in [0, 0.1) is 0 Å². The average Bonchev–Trinajstić information content (AvgIpc) is 3.21. The molecule has 1 aliphatic rings. The van der Waals surface area contributed by atoms with Gasteiger partial charge in [-0.25, -0.2) is 4.79 Å². The van der Waals surface area contributed by atoms with Gasteiger partial charge in [0.2, 0.25) is 0 Å². The highest BCUT2D eigenvalue weighted by Crippen LogP contribution is 2.28. The number of rotatable bonds is 11. The number of aliphatic hydroxyl groups excluding tert-OH is 1. The number of hydrogen-bond donors (Lipinski definition) is 4. The highest BCUT2D eigenvalue weighted by molar-refractivity contribution is 9.10. The van der Waals surface area contributed by atoms with Crippen LogP contribution in [0.3, 0.4) is 0 Å². The summed E-state index contributed by atoms with van der Waals surface area (Å²) in [7, 11) is 0. The Morgan fingerprint density at radius 2 is 1.58 bits per heavy atom. The lowest BCUT2D eigenvalue weighted by atomic mass is 9.90. The van der Waals surface area contributed by atoms with Crippen molar-refractivity contribution < 1.29 is 19.4 Å². The van der Waals surface area contributed by atoms with Crippen molar-refractivity contribution in [3.8, 4) is 0 Å². The highest BCUT2D eigenvalue weighted by Gasteiger charge is 2.33. The summed E-state index contributed by atoms with van der Waals surface area (Å²) in [5, 5.41) is 23.6. The van der Waals surface area contributed by atoms with Gasteiger partial charge in [-0.1, -0.05) is 88.7 Å². The lowest BCUT2D eigenvalue weighted by molar-refractivity contribution is -0.0185. The van der Waals surface area contributed by atoms with E-state index in [2.05, 4.69) is 85.3 Å². The van der Waals surface area contributed by atoms with Crippen molar-refractivity contribution in [1.82, 2.24) is 20.9 Å². The van der Waals surface area contributed by atoms with E-state index in [1.165, 1.54) is 11.1 Å². The maximum atomic E-state index is 13.3. The van der Waals surface area contributed by atoms with Gasteiger partial charge in [0.25, 0.3) is 5.91 Å². The topological polar surface area (TPSA) is 103 Å². The van der Waals surface area contributed by atoms with Crippen LogP contribution >= 0.6 is 15.9 Å². The molecule has 4 N–H and O–H groups in total. The van der Waals surface area contributed by atoms with Crippen molar-refractivity contribution in [2.75, 3.05) is 26.2 Å². The number of halogens is 1. The second-order valence-electron chi connectivity index (χ2n) is 13.5. The summed E-state index contributed by atoms with van der Waals surface area (Å²) in [5.41, 5.74) is 2.42. The Morgan fingerprint density at radius 1 is 0.938 bits per heavy atom. The van der Waals surface area contributed by atoms with Gasteiger partial charge < -0.3 is 25.8 Å². The molecule has 0 aromatic heterocycles. The molecule has 254 valence electrons. The number of amides is 2. The molecule has 8 nitrogen and oxygen atoms in total.